The first-order valence-electron chi connectivity index (χ1n) is 10.2. The second kappa shape index (κ2) is 9.11. The predicted molar refractivity (Wildman–Crippen MR) is 125 cm³/mol. The molecule has 0 bridgehead atoms. The Bertz CT molecular complexity index is 1060. The van der Waals surface area contributed by atoms with Crippen LogP contribution in [-0.2, 0) is 41.5 Å². The van der Waals surface area contributed by atoms with E-state index in [9.17, 15) is 13.2 Å². The quantitative estimate of drug-likeness (QED) is 0.631. The summed E-state index contributed by atoms with van der Waals surface area (Å²) >= 11 is 3.15. The number of nitrogens with one attached hydrogen (secondary N) is 2. The minimum Gasteiger partial charge on any atom is -0.307 e. The van der Waals surface area contributed by atoms with Gasteiger partial charge in [-0.3, -0.25) is 0 Å². The number of hydrogen-bond acceptors (Lipinski definition) is 6. The van der Waals surface area contributed by atoms with Crippen molar-refractivity contribution in [2.24, 2.45) is 0 Å². The molecule has 1 aromatic heterocycles. The number of hydrogen-bond donors (Lipinski definition) is 2. The fraction of sp³-hybridized carbons (Fsp3) is 0.429. The molecule has 1 heterocycles. The topological polar surface area (TPSA) is 88.2 Å². The number of thiazole rings is 1. The zero-order valence-electron chi connectivity index (χ0n) is 16.9. The molecule has 0 unspecified atom stereocenters. The highest BCUT2D eigenvalue weighted by Gasteiger charge is 2.25. The highest BCUT2D eigenvalue weighted by atomic mass is 32.2. The Morgan fingerprint density at radius 1 is 1.20 bits per heavy atom. The first-order chi connectivity index (χ1) is 14.4. The summed E-state index contributed by atoms with van der Waals surface area (Å²) in [5, 5.41) is 6.37. The average Bonchev–Trinajstić information content (AvgIpc) is 3.44. The van der Waals surface area contributed by atoms with Crippen LogP contribution in [0.4, 0.5) is 10.5 Å². The third kappa shape index (κ3) is 4.90. The Morgan fingerprint density at radius 2 is 1.90 bits per heavy atom. The van der Waals surface area contributed by atoms with Gasteiger partial charge in [0.15, 0.2) is 0 Å². The number of sulfonamides is 1. The molecule has 0 radical (unpaired) electrons. The van der Waals surface area contributed by atoms with E-state index in [4.69, 9.17) is 0 Å². The van der Waals surface area contributed by atoms with Gasteiger partial charge in [0.25, 0.3) is 10.0 Å². The number of nitrogens with zero attached hydrogens (tertiary/aromatic N) is 1. The lowest BCUT2D eigenvalue weighted by atomic mass is 9.99. The summed E-state index contributed by atoms with van der Waals surface area (Å²) in [4.78, 5) is 16.9. The van der Waals surface area contributed by atoms with Crippen molar-refractivity contribution in [2.75, 3.05) is 11.1 Å². The summed E-state index contributed by atoms with van der Waals surface area (Å²) in [5.41, 5.74) is 6.66. The first-order valence-corrected chi connectivity index (χ1v) is 13.7. The number of thioether (sulfide) groups is 1. The summed E-state index contributed by atoms with van der Waals surface area (Å²) in [6.07, 6.45) is 7.46. The van der Waals surface area contributed by atoms with E-state index in [0.29, 0.717) is 5.01 Å². The van der Waals surface area contributed by atoms with Crippen molar-refractivity contribution in [2.45, 2.75) is 51.2 Å². The molecule has 160 valence electrons. The maximum Gasteiger partial charge on any atom is 0.333 e. The molecular weight excluding hydrogens is 438 g/mol. The van der Waals surface area contributed by atoms with E-state index in [0.717, 1.165) is 66.8 Å². The molecule has 30 heavy (non-hydrogen) atoms. The SMILES string of the molecule is CCSCc1csc(/C=C/S(=O)(=O)NC(=O)Nc2c3c(cc4c2CCC4)CCC3)n1. The Morgan fingerprint density at radius 3 is 2.57 bits per heavy atom. The normalized spacial score (nSPS) is 15.4. The van der Waals surface area contributed by atoms with Gasteiger partial charge in [0, 0.05) is 16.8 Å². The maximum atomic E-state index is 12.5. The van der Waals surface area contributed by atoms with Gasteiger partial charge < -0.3 is 5.32 Å². The zero-order chi connectivity index (χ0) is 21.1. The van der Waals surface area contributed by atoms with E-state index in [1.165, 1.54) is 39.7 Å². The van der Waals surface area contributed by atoms with Gasteiger partial charge in [-0.15, -0.1) is 11.3 Å². The van der Waals surface area contributed by atoms with Crippen LogP contribution >= 0.6 is 23.1 Å². The van der Waals surface area contributed by atoms with Crippen molar-refractivity contribution in [3.63, 3.8) is 0 Å². The van der Waals surface area contributed by atoms with Gasteiger partial charge in [-0.2, -0.15) is 11.8 Å². The van der Waals surface area contributed by atoms with Crippen molar-refractivity contribution in [3.05, 3.63) is 49.8 Å². The van der Waals surface area contributed by atoms with Crippen LogP contribution in [-0.4, -0.2) is 25.2 Å². The van der Waals surface area contributed by atoms with Gasteiger partial charge in [0.1, 0.15) is 5.01 Å². The minimum absolute atomic E-state index is 0.603. The van der Waals surface area contributed by atoms with Crippen molar-refractivity contribution >= 4 is 50.9 Å². The van der Waals surface area contributed by atoms with Crippen LogP contribution in [0.3, 0.4) is 0 Å². The smallest absolute Gasteiger partial charge is 0.307 e. The number of amides is 2. The third-order valence-corrected chi connectivity index (χ3v) is 8.09. The average molecular weight is 464 g/mol. The Kier molecular flexibility index (Phi) is 6.50. The van der Waals surface area contributed by atoms with Crippen LogP contribution in [0.25, 0.3) is 6.08 Å². The van der Waals surface area contributed by atoms with Crippen molar-refractivity contribution < 1.29 is 13.2 Å². The van der Waals surface area contributed by atoms with Gasteiger partial charge in [0.05, 0.1) is 11.1 Å². The van der Waals surface area contributed by atoms with Crippen LogP contribution < -0.4 is 10.0 Å². The van der Waals surface area contributed by atoms with Gasteiger partial charge >= 0.3 is 6.03 Å². The van der Waals surface area contributed by atoms with Gasteiger partial charge in [-0.25, -0.2) is 22.9 Å². The molecule has 2 N–H and O–H groups in total. The number of anilines is 1. The monoisotopic (exact) mass is 463 g/mol. The maximum absolute atomic E-state index is 12.5. The number of aromatic nitrogens is 1. The van der Waals surface area contributed by atoms with E-state index in [1.807, 2.05) is 5.38 Å². The van der Waals surface area contributed by atoms with Crippen LogP contribution in [0, 0.1) is 0 Å². The molecule has 1 aromatic carbocycles. The molecule has 2 aromatic rings. The molecule has 0 saturated heterocycles. The van der Waals surface area contributed by atoms with Crippen LogP contribution in [0.2, 0.25) is 0 Å². The molecule has 2 amide bonds. The molecule has 2 aliphatic rings. The molecule has 0 fully saturated rings. The van der Waals surface area contributed by atoms with E-state index in [1.54, 1.807) is 11.8 Å². The van der Waals surface area contributed by atoms with E-state index < -0.39 is 16.1 Å². The molecule has 0 saturated carbocycles. The Hall–Kier alpha value is -1.84. The molecule has 6 nitrogen and oxygen atoms in total. The number of carbonyl (C=O) groups is 1. The molecule has 0 atom stereocenters. The number of benzene rings is 1. The molecule has 2 aliphatic carbocycles. The summed E-state index contributed by atoms with van der Waals surface area (Å²) in [5.74, 6) is 1.81. The van der Waals surface area contributed by atoms with E-state index >= 15 is 0 Å². The lowest BCUT2D eigenvalue weighted by Gasteiger charge is -2.16. The second-order valence-corrected chi connectivity index (χ2v) is 11.2. The molecule has 4 rings (SSSR count). The summed E-state index contributed by atoms with van der Waals surface area (Å²) in [6, 6.07) is 1.56. The van der Waals surface area contributed by atoms with E-state index in [-0.39, 0.29) is 0 Å². The largest absolute Gasteiger partial charge is 0.333 e. The van der Waals surface area contributed by atoms with Gasteiger partial charge in [-0.1, -0.05) is 13.0 Å². The number of fused-ring (bicyclic) bond motifs is 2. The van der Waals surface area contributed by atoms with Crippen molar-refractivity contribution in [3.8, 4) is 0 Å². The highest BCUT2D eigenvalue weighted by Crippen LogP contribution is 2.38. The van der Waals surface area contributed by atoms with Crippen LogP contribution in [0.15, 0.2) is 16.9 Å². The standard InChI is InChI=1S/C21H25N3O3S3/c1-2-28-12-16-13-29-19(22-16)9-10-30(26,27)24-21(25)23-20-17-7-3-5-14(17)11-15-6-4-8-18(15)20/h9-11,13H,2-8,12H2,1H3,(H2,23,24,25)/b10-9+. The van der Waals surface area contributed by atoms with E-state index in [2.05, 4.69) is 28.0 Å². The van der Waals surface area contributed by atoms with Gasteiger partial charge in [-0.05, 0) is 72.6 Å². The molecule has 0 spiro atoms. The third-order valence-electron chi connectivity index (χ3n) is 5.36. The summed E-state index contributed by atoms with van der Waals surface area (Å²) in [6.45, 7) is 2.08. The van der Waals surface area contributed by atoms with Crippen LogP contribution in [0.1, 0.15) is 52.7 Å². The molecule has 9 heteroatoms. The molecule has 0 aliphatic heterocycles. The lowest BCUT2D eigenvalue weighted by molar-refractivity contribution is 0.256. The zero-order valence-corrected chi connectivity index (χ0v) is 19.3. The lowest BCUT2D eigenvalue weighted by Crippen LogP contribution is -2.33. The van der Waals surface area contributed by atoms with Crippen LogP contribution in [0.5, 0.6) is 0 Å². The fourth-order valence-electron chi connectivity index (χ4n) is 4.09. The Labute approximate surface area is 185 Å². The van der Waals surface area contributed by atoms with Gasteiger partial charge in [0.2, 0.25) is 0 Å². The summed E-state index contributed by atoms with van der Waals surface area (Å²) in [7, 11) is -3.92. The number of rotatable bonds is 7. The number of aryl methyl sites for hydroxylation is 2. The molecular formula is C21H25N3O3S3. The summed E-state index contributed by atoms with van der Waals surface area (Å²) < 4.78 is 26.8. The Balaban J connectivity index is 1.44. The highest BCUT2D eigenvalue weighted by molar-refractivity contribution is 7.98. The second-order valence-electron chi connectivity index (χ2n) is 7.45. The first kappa shape index (κ1) is 21.4. The minimum atomic E-state index is -3.92. The number of urea groups is 1. The fourth-order valence-corrected chi connectivity index (χ4v) is 6.24. The predicted octanol–water partition coefficient (Wildman–Crippen LogP) is 4.50. The van der Waals surface area contributed by atoms with Crippen molar-refractivity contribution in [1.82, 2.24) is 9.71 Å². The number of carbonyl (C=O) groups excluding carboxylic acids is 1. The van der Waals surface area contributed by atoms with Crippen molar-refractivity contribution in [1.29, 1.82) is 0 Å².